The molecule has 1 fully saturated rings. The highest BCUT2D eigenvalue weighted by atomic mass is 19.1. The van der Waals surface area contributed by atoms with Crippen molar-refractivity contribution in [1.82, 2.24) is 25.1 Å². The molecule has 0 atom stereocenters. The second-order valence-corrected chi connectivity index (χ2v) is 8.26. The zero-order chi connectivity index (χ0) is 23.3. The van der Waals surface area contributed by atoms with Crippen molar-refractivity contribution < 1.29 is 9.18 Å². The van der Waals surface area contributed by atoms with Gasteiger partial charge in [0.25, 0.3) is 5.91 Å². The van der Waals surface area contributed by atoms with E-state index in [1.54, 1.807) is 29.3 Å². The van der Waals surface area contributed by atoms with Crippen LogP contribution in [0, 0.1) is 17.3 Å². The molecule has 33 heavy (non-hydrogen) atoms. The molecule has 1 aliphatic rings. The standard InChI is InChI=1S/C23H25FN8O/c24-20-13-18(5-12-28-20)30-22-19(21(26)33)15-32(31-22)23(8-9-25)6-1-17(2-7-23)29-14-16-3-10-27-11-4-16/h3-5,10-13,15,17,29H,1-2,6-8,14H2,(H2,26,33)(H,28,30,31). The number of primary amides is 1. The normalized spacial score (nSPS) is 20.2. The molecule has 1 amide bonds. The fraction of sp³-hybridized carbons (Fsp3) is 0.348. The second-order valence-electron chi connectivity index (χ2n) is 8.26. The molecule has 0 spiro atoms. The van der Waals surface area contributed by atoms with Crippen LogP contribution in [0.15, 0.2) is 49.1 Å². The monoisotopic (exact) mass is 448 g/mol. The maximum atomic E-state index is 13.5. The number of nitrogens with zero attached hydrogens (tertiary/aromatic N) is 5. The molecule has 4 rings (SSSR count). The lowest BCUT2D eigenvalue weighted by Crippen LogP contribution is -2.43. The van der Waals surface area contributed by atoms with E-state index < -0.39 is 17.4 Å². The first kappa shape index (κ1) is 22.4. The lowest BCUT2D eigenvalue weighted by atomic mass is 9.77. The Hall–Kier alpha value is -3.84. The van der Waals surface area contributed by atoms with Crippen molar-refractivity contribution in [1.29, 1.82) is 5.26 Å². The fourth-order valence-corrected chi connectivity index (χ4v) is 4.26. The lowest BCUT2D eigenvalue weighted by Gasteiger charge is -2.39. The summed E-state index contributed by atoms with van der Waals surface area (Å²) in [7, 11) is 0. The van der Waals surface area contributed by atoms with E-state index in [4.69, 9.17) is 5.73 Å². The number of aromatic nitrogens is 4. The average Bonchev–Trinajstić information content (AvgIpc) is 3.24. The number of rotatable bonds is 8. The summed E-state index contributed by atoms with van der Waals surface area (Å²) < 4.78 is 15.2. The number of anilines is 2. The van der Waals surface area contributed by atoms with Gasteiger partial charge >= 0.3 is 0 Å². The second kappa shape index (κ2) is 9.75. The predicted molar refractivity (Wildman–Crippen MR) is 120 cm³/mol. The van der Waals surface area contributed by atoms with Gasteiger partial charge < -0.3 is 16.4 Å². The largest absolute Gasteiger partial charge is 0.365 e. The topological polar surface area (TPSA) is 135 Å². The summed E-state index contributed by atoms with van der Waals surface area (Å²) >= 11 is 0. The van der Waals surface area contributed by atoms with Crippen LogP contribution >= 0.6 is 0 Å². The molecule has 3 aromatic heterocycles. The van der Waals surface area contributed by atoms with E-state index in [0.717, 1.165) is 32.2 Å². The Morgan fingerprint density at radius 2 is 2.03 bits per heavy atom. The predicted octanol–water partition coefficient (Wildman–Crippen LogP) is 3.00. The first-order valence-electron chi connectivity index (χ1n) is 10.8. The van der Waals surface area contributed by atoms with Gasteiger partial charge in [-0.25, -0.2) is 4.98 Å². The molecule has 3 aromatic rings. The number of nitrogens with one attached hydrogen (secondary N) is 2. The molecule has 0 aromatic carbocycles. The molecule has 10 heteroatoms. The Morgan fingerprint density at radius 1 is 1.27 bits per heavy atom. The van der Waals surface area contributed by atoms with Crippen LogP contribution in [-0.2, 0) is 12.1 Å². The van der Waals surface area contributed by atoms with Crippen LogP contribution in [-0.4, -0.2) is 31.7 Å². The number of pyridine rings is 2. The third-order valence-electron chi connectivity index (χ3n) is 6.12. The molecular weight excluding hydrogens is 423 g/mol. The van der Waals surface area contributed by atoms with Gasteiger partial charge in [-0.2, -0.15) is 14.8 Å². The number of nitrogens with two attached hydrogens (primary N) is 1. The SMILES string of the molecule is N#CCC1(n2cc(C(N)=O)c(Nc3ccnc(F)c3)n2)CCC(NCc2ccncc2)CC1. The number of hydrogen-bond acceptors (Lipinski definition) is 7. The summed E-state index contributed by atoms with van der Waals surface area (Å²) in [5.74, 6) is -1.08. The first-order valence-corrected chi connectivity index (χ1v) is 10.8. The minimum atomic E-state index is -0.655. The number of halogens is 1. The summed E-state index contributed by atoms with van der Waals surface area (Å²) in [6.07, 6.45) is 9.86. The zero-order valence-electron chi connectivity index (χ0n) is 18.0. The van der Waals surface area contributed by atoms with E-state index in [1.165, 1.54) is 17.8 Å². The van der Waals surface area contributed by atoms with Crippen molar-refractivity contribution in [2.24, 2.45) is 5.73 Å². The summed E-state index contributed by atoms with van der Waals surface area (Å²) in [4.78, 5) is 19.6. The van der Waals surface area contributed by atoms with Crippen molar-refractivity contribution in [2.75, 3.05) is 5.32 Å². The van der Waals surface area contributed by atoms with Gasteiger partial charge in [0.1, 0.15) is 5.56 Å². The molecule has 3 heterocycles. The Balaban J connectivity index is 1.51. The van der Waals surface area contributed by atoms with Gasteiger partial charge in [-0.3, -0.25) is 14.5 Å². The van der Waals surface area contributed by atoms with Gasteiger partial charge in [0, 0.05) is 49.1 Å². The number of carbonyl (C=O) groups is 1. The van der Waals surface area contributed by atoms with Gasteiger partial charge in [0.2, 0.25) is 5.95 Å². The van der Waals surface area contributed by atoms with Gasteiger partial charge in [0.15, 0.2) is 5.82 Å². The first-order chi connectivity index (χ1) is 16.0. The van der Waals surface area contributed by atoms with Crippen molar-refractivity contribution in [2.45, 2.75) is 50.2 Å². The summed E-state index contributed by atoms with van der Waals surface area (Å²) in [5.41, 5.74) is 6.78. The molecule has 1 saturated carbocycles. The smallest absolute Gasteiger partial charge is 0.254 e. The molecule has 9 nitrogen and oxygen atoms in total. The number of carbonyl (C=O) groups excluding carboxylic acids is 1. The minimum absolute atomic E-state index is 0.183. The zero-order valence-corrected chi connectivity index (χ0v) is 18.0. The van der Waals surface area contributed by atoms with Gasteiger partial charge in [-0.1, -0.05) is 0 Å². The lowest BCUT2D eigenvalue weighted by molar-refractivity contribution is 0.1000. The van der Waals surface area contributed by atoms with Crippen LogP contribution in [0.25, 0.3) is 0 Å². The maximum absolute atomic E-state index is 13.5. The molecular formula is C23H25FN8O. The van der Waals surface area contributed by atoms with Gasteiger partial charge in [-0.05, 0) is 49.4 Å². The minimum Gasteiger partial charge on any atom is -0.365 e. The average molecular weight is 449 g/mol. The van der Waals surface area contributed by atoms with Crippen LogP contribution in [0.3, 0.4) is 0 Å². The van der Waals surface area contributed by atoms with Crippen molar-refractivity contribution in [3.8, 4) is 6.07 Å². The molecule has 0 aliphatic heterocycles. The highest BCUT2D eigenvalue weighted by Gasteiger charge is 2.38. The van der Waals surface area contributed by atoms with Crippen LogP contribution in [0.1, 0.15) is 48.0 Å². The van der Waals surface area contributed by atoms with Gasteiger partial charge in [0.05, 0.1) is 18.0 Å². The van der Waals surface area contributed by atoms with E-state index >= 15 is 0 Å². The van der Waals surface area contributed by atoms with Crippen LogP contribution in [0.5, 0.6) is 0 Å². The molecule has 0 bridgehead atoms. The van der Waals surface area contributed by atoms with E-state index in [-0.39, 0.29) is 17.8 Å². The van der Waals surface area contributed by atoms with Crippen LogP contribution < -0.4 is 16.4 Å². The molecule has 0 unspecified atom stereocenters. The molecule has 1 aliphatic carbocycles. The maximum Gasteiger partial charge on any atom is 0.254 e. The van der Waals surface area contributed by atoms with Crippen LogP contribution in [0.4, 0.5) is 15.9 Å². The van der Waals surface area contributed by atoms with Crippen molar-refractivity contribution in [3.63, 3.8) is 0 Å². The third kappa shape index (κ3) is 5.15. The van der Waals surface area contributed by atoms with Crippen molar-refractivity contribution in [3.05, 3.63) is 66.1 Å². The Labute approximate surface area is 190 Å². The Bertz CT molecular complexity index is 1150. The summed E-state index contributed by atoms with van der Waals surface area (Å²) in [6.45, 7) is 0.753. The molecule has 4 N–H and O–H groups in total. The third-order valence-corrected chi connectivity index (χ3v) is 6.12. The summed E-state index contributed by atoms with van der Waals surface area (Å²) in [6, 6.07) is 9.33. The quantitative estimate of drug-likeness (QED) is 0.451. The Morgan fingerprint density at radius 3 is 2.70 bits per heavy atom. The fourth-order valence-electron chi connectivity index (χ4n) is 4.26. The van der Waals surface area contributed by atoms with E-state index in [2.05, 4.69) is 31.8 Å². The van der Waals surface area contributed by atoms with Crippen molar-refractivity contribution >= 4 is 17.4 Å². The van der Waals surface area contributed by atoms with Gasteiger partial charge in [-0.15, -0.1) is 0 Å². The van der Waals surface area contributed by atoms with Crippen LogP contribution in [0.2, 0.25) is 0 Å². The Kier molecular flexibility index (Phi) is 6.60. The highest BCUT2D eigenvalue weighted by Crippen LogP contribution is 2.38. The number of hydrogen-bond donors (Lipinski definition) is 3. The number of amides is 1. The van der Waals surface area contributed by atoms with E-state index in [1.807, 2.05) is 12.1 Å². The molecule has 0 radical (unpaired) electrons. The molecule has 0 saturated heterocycles. The summed E-state index contributed by atoms with van der Waals surface area (Å²) in [5, 5.41) is 20.6. The molecule has 170 valence electrons. The number of nitriles is 1. The highest BCUT2D eigenvalue weighted by molar-refractivity contribution is 5.98. The van der Waals surface area contributed by atoms with E-state index in [0.29, 0.717) is 11.7 Å². The van der Waals surface area contributed by atoms with E-state index in [9.17, 15) is 14.4 Å².